The molecule has 2 aromatic heterocycles. The number of aromatic hydroxyl groups is 2. The first-order valence-electron chi connectivity index (χ1n) is 4.92. The van der Waals surface area contributed by atoms with Crippen LogP contribution >= 0.6 is 0 Å². The summed E-state index contributed by atoms with van der Waals surface area (Å²) in [4.78, 5) is 15.1. The number of H-pyrrole nitrogens is 1. The number of nitrogens with zero attached hydrogens (tertiary/aromatic N) is 3. The van der Waals surface area contributed by atoms with E-state index in [0.717, 1.165) is 0 Å². The minimum absolute atomic E-state index is 0.00199. The molecule has 84 valence electrons. The molecule has 0 radical (unpaired) electrons. The SMILES string of the molecule is Oc1ccc(-c2nc3ncncc3[nH]2)c(O)c1. The fraction of sp³-hybridized carbons (Fsp3) is 0. The highest BCUT2D eigenvalue weighted by molar-refractivity contribution is 5.76. The van der Waals surface area contributed by atoms with Gasteiger partial charge in [-0.05, 0) is 12.1 Å². The maximum atomic E-state index is 9.71. The van der Waals surface area contributed by atoms with Gasteiger partial charge in [-0.3, -0.25) is 0 Å². The third-order valence-corrected chi connectivity index (χ3v) is 2.40. The van der Waals surface area contributed by atoms with Gasteiger partial charge in [0.15, 0.2) is 5.65 Å². The van der Waals surface area contributed by atoms with E-state index < -0.39 is 0 Å². The molecule has 3 rings (SSSR count). The molecular weight excluding hydrogens is 220 g/mol. The van der Waals surface area contributed by atoms with E-state index >= 15 is 0 Å². The number of phenolic OH excluding ortho intramolecular Hbond substituents is 2. The number of phenols is 2. The second-order valence-corrected chi connectivity index (χ2v) is 3.55. The lowest BCUT2D eigenvalue weighted by Gasteiger charge is -2.00. The second kappa shape index (κ2) is 3.44. The van der Waals surface area contributed by atoms with Crippen LogP contribution in [-0.2, 0) is 0 Å². The molecule has 0 spiro atoms. The van der Waals surface area contributed by atoms with Gasteiger partial charge < -0.3 is 15.2 Å². The molecular formula is C11H8N4O2. The molecule has 0 aliphatic rings. The summed E-state index contributed by atoms with van der Waals surface area (Å²) in [6, 6.07) is 4.32. The monoisotopic (exact) mass is 228 g/mol. The summed E-state index contributed by atoms with van der Waals surface area (Å²) in [7, 11) is 0. The zero-order valence-corrected chi connectivity index (χ0v) is 8.62. The first-order valence-corrected chi connectivity index (χ1v) is 4.92. The topological polar surface area (TPSA) is 94.9 Å². The Hall–Kier alpha value is -2.63. The van der Waals surface area contributed by atoms with E-state index in [9.17, 15) is 10.2 Å². The molecule has 0 fully saturated rings. The molecule has 2 heterocycles. The fourth-order valence-corrected chi connectivity index (χ4v) is 1.61. The van der Waals surface area contributed by atoms with Gasteiger partial charge >= 0.3 is 0 Å². The molecule has 3 aromatic rings. The standard InChI is InChI=1S/C11H8N4O2/c16-6-1-2-7(9(17)3-6)10-14-8-4-12-5-13-11(8)15-10/h1-5,16-17H,(H,12,13,14,15). The van der Waals surface area contributed by atoms with Gasteiger partial charge in [0.25, 0.3) is 0 Å². The average Bonchev–Trinajstić information content (AvgIpc) is 2.72. The molecule has 0 saturated heterocycles. The van der Waals surface area contributed by atoms with Crippen molar-refractivity contribution in [2.24, 2.45) is 0 Å². The number of fused-ring (bicyclic) bond motifs is 1. The van der Waals surface area contributed by atoms with E-state index in [-0.39, 0.29) is 11.5 Å². The summed E-state index contributed by atoms with van der Waals surface area (Å²) in [6.07, 6.45) is 3.01. The fourth-order valence-electron chi connectivity index (χ4n) is 1.61. The van der Waals surface area contributed by atoms with Crippen LogP contribution in [-0.4, -0.2) is 30.1 Å². The van der Waals surface area contributed by atoms with Crippen molar-refractivity contribution in [3.8, 4) is 22.9 Å². The van der Waals surface area contributed by atoms with Crippen molar-refractivity contribution in [3.05, 3.63) is 30.7 Å². The molecule has 0 bridgehead atoms. The summed E-state index contributed by atoms with van der Waals surface area (Å²) in [6.45, 7) is 0. The number of aromatic nitrogens is 4. The zero-order valence-electron chi connectivity index (χ0n) is 8.62. The zero-order chi connectivity index (χ0) is 11.8. The summed E-state index contributed by atoms with van der Waals surface area (Å²) in [5.41, 5.74) is 1.72. The average molecular weight is 228 g/mol. The Balaban J connectivity index is 2.20. The van der Waals surface area contributed by atoms with Crippen LogP contribution < -0.4 is 0 Å². The van der Waals surface area contributed by atoms with Crippen molar-refractivity contribution in [3.63, 3.8) is 0 Å². The highest BCUT2D eigenvalue weighted by Crippen LogP contribution is 2.30. The quantitative estimate of drug-likeness (QED) is 0.585. The third kappa shape index (κ3) is 1.55. The van der Waals surface area contributed by atoms with Crippen LogP contribution in [0.4, 0.5) is 0 Å². The van der Waals surface area contributed by atoms with Crippen LogP contribution in [0.5, 0.6) is 11.5 Å². The molecule has 0 aliphatic carbocycles. The number of hydrogen-bond acceptors (Lipinski definition) is 5. The molecule has 6 heteroatoms. The van der Waals surface area contributed by atoms with Crippen molar-refractivity contribution in [1.29, 1.82) is 0 Å². The molecule has 0 unspecified atom stereocenters. The number of nitrogens with one attached hydrogen (secondary N) is 1. The molecule has 3 N–H and O–H groups in total. The Kier molecular flexibility index (Phi) is 1.94. The van der Waals surface area contributed by atoms with Crippen LogP contribution in [0.3, 0.4) is 0 Å². The first kappa shape index (κ1) is 9.59. The van der Waals surface area contributed by atoms with Crippen LogP contribution in [0.25, 0.3) is 22.6 Å². The van der Waals surface area contributed by atoms with Crippen LogP contribution in [0.1, 0.15) is 0 Å². The van der Waals surface area contributed by atoms with Gasteiger partial charge in [-0.15, -0.1) is 0 Å². The largest absolute Gasteiger partial charge is 0.508 e. The molecule has 17 heavy (non-hydrogen) atoms. The maximum absolute atomic E-state index is 9.71. The minimum Gasteiger partial charge on any atom is -0.508 e. The van der Waals surface area contributed by atoms with Crippen molar-refractivity contribution in [2.45, 2.75) is 0 Å². The number of hydrogen-bond donors (Lipinski definition) is 3. The predicted molar refractivity (Wildman–Crippen MR) is 60.4 cm³/mol. The van der Waals surface area contributed by atoms with Crippen LogP contribution in [0, 0.1) is 0 Å². The number of imidazole rings is 1. The number of benzene rings is 1. The van der Waals surface area contributed by atoms with E-state index in [1.54, 1.807) is 12.3 Å². The Morgan fingerprint density at radius 2 is 2.06 bits per heavy atom. The Morgan fingerprint density at radius 1 is 1.18 bits per heavy atom. The molecule has 0 atom stereocenters. The van der Waals surface area contributed by atoms with Crippen molar-refractivity contribution in [1.82, 2.24) is 19.9 Å². The van der Waals surface area contributed by atoms with Gasteiger partial charge in [0.05, 0.1) is 11.8 Å². The van der Waals surface area contributed by atoms with E-state index in [4.69, 9.17) is 0 Å². The first-order chi connectivity index (χ1) is 8.24. The minimum atomic E-state index is -0.0444. The lowest BCUT2D eigenvalue weighted by molar-refractivity contribution is 0.451. The predicted octanol–water partition coefficient (Wildman–Crippen LogP) is 1.43. The van der Waals surface area contributed by atoms with Crippen molar-refractivity contribution >= 4 is 11.2 Å². The summed E-state index contributed by atoms with van der Waals surface area (Å²) >= 11 is 0. The second-order valence-electron chi connectivity index (χ2n) is 3.55. The van der Waals surface area contributed by atoms with Gasteiger partial charge in [0.1, 0.15) is 29.2 Å². The summed E-state index contributed by atoms with van der Waals surface area (Å²) < 4.78 is 0. The normalized spacial score (nSPS) is 10.8. The molecule has 1 aromatic carbocycles. The highest BCUT2D eigenvalue weighted by Gasteiger charge is 2.10. The van der Waals surface area contributed by atoms with E-state index in [2.05, 4.69) is 19.9 Å². The van der Waals surface area contributed by atoms with Gasteiger partial charge in [-0.1, -0.05) is 0 Å². The van der Waals surface area contributed by atoms with E-state index in [1.807, 2.05) is 0 Å². The Morgan fingerprint density at radius 3 is 2.82 bits per heavy atom. The molecule has 0 saturated carbocycles. The van der Waals surface area contributed by atoms with Crippen LogP contribution in [0.2, 0.25) is 0 Å². The Labute approximate surface area is 95.6 Å². The molecule has 0 aliphatic heterocycles. The van der Waals surface area contributed by atoms with Gasteiger partial charge in [0, 0.05) is 6.07 Å². The van der Waals surface area contributed by atoms with Crippen molar-refractivity contribution < 1.29 is 10.2 Å². The lowest BCUT2D eigenvalue weighted by atomic mass is 10.2. The van der Waals surface area contributed by atoms with Gasteiger partial charge in [-0.25, -0.2) is 15.0 Å². The maximum Gasteiger partial charge on any atom is 0.181 e. The smallest absolute Gasteiger partial charge is 0.181 e. The molecule has 6 nitrogen and oxygen atoms in total. The van der Waals surface area contributed by atoms with Gasteiger partial charge in [-0.2, -0.15) is 0 Å². The van der Waals surface area contributed by atoms with Gasteiger partial charge in [0.2, 0.25) is 0 Å². The summed E-state index contributed by atoms with van der Waals surface area (Å²) in [5, 5.41) is 18.9. The lowest BCUT2D eigenvalue weighted by Crippen LogP contribution is -1.81. The van der Waals surface area contributed by atoms with Crippen LogP contribution in [0.15, 0.2) is 30.7 Å². The Bertz CT molecular complexity index is 660. The van der Waals surface area contributed by atoms with E-state index in [0.29, 0.717) is 22.6 Å². The van der Waals surface area contributed by atoms with E-state index in [1.165, 1.54) is 18.5 Å². The summed E-state index contributed by atoms with van der Waals surface area (Å²) in [5.74, 6) is 0.442. The number of rotatable bonds is 1. The number of aromatic amines is 1. The highest BCUT2D eigenvalue weighted by atomic mass is 16.3. The third-order valence-electron chi connectivity index (χ3n) is 2.40. The van der Waals surface area contributed by atoms with Crippen molar-refractivity contribution in [2.75, 3.05) is 0 Å². The molecule has 0 amide bonds.